The van der Waals surface area contributed by atoms with E-state index < -0.39 is 21.8 Å². The van der Waals surface area contributed by atoms with Crippen LogP contribution in [0.15, 0.2) is 47.4 Å². The third-order valence-corrected chi connectivity index (χ3v) is 7.26. The van der Waals surface area contributed by atoms with Gasteiger partial charge in [-0.2, -0.15) is 4.31 Å². The van der Waals surface area contributed by atoms with Crippen molar-refractivity contribution in [1.29, 1.82) is 0 Å². The van der Waals surface area contributed by atoms with Crippen LogP contribution in [-0.2, 0) is 30.8 Å². The Bertz CT molecular complexity index is 1100. The second-order valence-corrected chi connectivity index (χ2v) is 9.57. The van der Waals surface area contributed by atoms with Gasteiger partial charge in [-0.1, -0.05) is 12.1 Å². The number of amides is 1. The van der Waals surface area contributed by atoms with Gasteiger partial charge in [0.15, 0.2) is 0 Å². The van der Waals surface area contributed by atoms with Crippen molar-refractivity contribution < 1.29 is 31.9 Å². The van der Waals surface area contributed by atoms with E-state index >= 15 is 0 Å². The Morgan fingerprint density at radius 2 is 1.91 bits per heavy atom. The smallest absolute Gasteiger partial charge is 0.310 e. The molecule has 0 spiro atoms. The van der Waals surface area contributed by atoms with Gasteiger partial charge in [0.2, 0.25) is 15.9 Å². The van der Waals surface area contributed by atoms with Crippen molar-refractivity contribution in [2.75, 3.05) is 32.1 Å². The van der Waals surface area contributed by atoms with Crippen molar-refractivity contribution in [1.82, 2.24) is 4.31 Å². The number of ether oxygens (including phenoxy) is 2. The van der Waals surface area contributed by atoms with Gasteiger partial charge in [-0.15, -0.1) is 0 Å². The van der Waals surface area contributed by atoms with Crippen LogP contribution in [0.2, 0.25) is 0 Å². The average molecular weight is 479 g/mol. The molecule has 1 heterocycles. The van der Waals surface area contributed by atoms with Crippen LogP contribution < -0.4 is 10.1 Å². The fourth-order valence-electron chi connectivity index (χ4n) is 3.69. The van der Waals surface area contributed by atoms with Gasteiger partial charge in [0.1, 0.15) is 16.5 Å². The number of esters is 1. The summed E-state index contributed by atoms with van der Waals surface area (Å²) >= 11 is 0. The number of nitrogens with one attached hydrogen (secondary N) is 1. The molecule has 1 aliphatic heterocycles. The summed E-state index contributed by atoms with van der Waals surface area (Å²) in [6, 6.07) is 10.1. The summed E-state index contributed by atoms with van der Waals surface area (Å²) in [5.41, 5.74) is 1.30. The number of piperidine rings is 1. The van der Waals surface area contributed by atoms with Crippen molar-refractivity contribution in [3.05, 3.63) is 53.8 Å². The maximum atomic E-state index is 13.7. The number of carbonyl (C=O) groups excluding carboxylic acids is 2. The van der Waals surface area contributed by atoms with Gasteiger partial charge >= 0.3 is 5.97 Å². The van der Waals surface area contributed by atoms with E-state index in [1.807, 2.05) is 0 Å². The van der Waals surface area contributed by atoms with Gasteiger partial charge in [-0.25, -0.2) is 12.8 Å². The highest BCUT2D eigenvalue weighted by molar-refractivity contribution is 7.89. The van der Waals surface area contributed by atoms with Crippen LogP contribution in [0.1, 0.15) is 25.3 Å². The molecule has 1 fully saturated rings. The SMILES string of the molecule is CCOC(=O)Cc1ccc(NC(=O)[C@@H]2CCCN(S(=O)(=O)c3cc(F)ccc3OC)C2)cc1. The number of methoxy groups -OCH3 is 1. The molecule has 0 radical (unpaired) electrons. The van der Waals surface area contributed by atoms with Gasteiger partial charge in [-0.3, -0.25) is 9.59 Å². The van der Waals surface area contributed by atoms with Crippen LogP contribution in [0.25, 0.3) is 0 Å². The number of hydrogen-bond donors (Lipinski definition) is 1. The highest BCUT2D eigenvalue weighted by atomic mass is 32.2. The summed E-state index contributed by atoms with van der Waals surface area (Å²) in [4.78, 5) is 24.1. The summed E-state index contributed by atoms with van der Waals surface area (Å²) in [5, 5.41) is 2.80. The number of anilines is 1. The van der Waals surface area contributed by atoms with Crippen LogP contribution in [0, 0.1) is 11.7 Å². The first-order valence-corrected chi connectivity index (χ1v) is 12.1. The lowest BCUT2D eigenvalue weighted by Crippen LogP contribution is -2.43. The first kappa shape index (κ1) is 24.7. The summed E-state index contributed by atoms with van der Waals surface area (Å²) < 4.78 is 51.2. The van der Waals surface area contributed by atoms with Gasteiger partial charge in [0.05, 0.1) is 26.1 Å². The molecule has 0 aliphatic carbocycles. The fourth-order valence-corrected chi connectivity index (χ4v) is 5.39. The highest BCUT2D eigenvalue weighted by Gasteiger charge is 2.35. The van der Waals surface area contributed by atoms with Gasteiger partial charge in [0.25, 0.3) is 0 Å². The third kappa shape index (κ3) is 6.08. The topological polar surface area (TPSA) is 102 Å². The Balaban J connectivity index is 1.67. The van der Waals surface area contributed by atoms with Crippen LogP contribution in [0.5, 0.6) is 5.75 Å². The molecule has 1 amide bonds. The van der Waals surface area contributed by atoms with Gasteiger partial charge in [-0.05, 0) is 55.7 Å². The maximum absolute atomic E-state index is 13.7. The maximum Gasteiger partial charge on any atom is 0.310 e. The number of sulfonamides is 1. The zero-order valence-electron chi connectivity index (χ0n) is 18.5. The van der Waals surface area contributed by atoms with Gasteiger partial charge < -0.3 is 14.8 Å². The second-order valence-electron chi connectivity index (χ2n) is 7.67. The van der Waals surface area contributed by atoms with Crippen molar-refractivity contribution in [2.24, 2.45) is 5.92 Å². The third-order valence-electron chi connectivity index (χ3n) is 5.37. The molecule has 0 unspecified atom stereocenters. The first-order valence-electron chi connectivity index (χ1n) is 10.6. The van der Waals surface area contributed by atoms with Crippen LogP contribution in [-0.4, -0.2) is 51.4 Å². The number of carbonyl (C=O) groups is 2. The molecular weight excluding hydrogens is 451 g/mol. The summed E-state index contributed by atoms with van der Waals surface area (Å²) in [5.74, 6) is -1.84. The highest BCUT2D eigenvalue weighted by Crippen LogP contribution is 2.30. The van der Waals surface area contributed by atoms with Crippen molar-refractivity contribution in [3.63, 3.8) is 0 Å². The van der Waals surface area contributed by atoms with E-state index in [1.165, 1.54) is 17.5 Å². The number of nitrogens with zero attached hydrogens (tertiary/aromatic N) is 1. The Hall–Kier alpha value is -2.98. The standard InChI is InChI=1S/C23H27FN2O6S/c1-3-32-22(27)13-16-6-9-19(10-7-16)25-23(28)17-5-4-12-26(15-17)33(29,30)21-14-18(24)8-11-20(21)31-2/h6-11,14,17H,3-5,12-13,15H2,1-2H3,(H,25,28)/t17-/m1/s1. The van der Waals surface area contributed by atoms with E-state index in [0.717, 1.165) is 17.7 Å². The molecule has 1 saturated heterocycles. The molecule has 178 valence electrons. The normalized spacial score (nSPS) is 16.8. The Labute approximate surface area is 192 Å². The van der Waals surface area contributed by atoms with E-state index in [1.54, 1.807) is 31.2 Å². The number of benzene rings is 2. The molecule has 3 rings (SSSR count). The molecule has 0 bridgehead atoms. The fraction of sp³-hybridized carbons (Fsp3) is 0.391. The minimum absolute atomic E-state index is 0.0191. The molecule has 1 N–H and O–H groups in total. The van der Waals surface area contributed by atoms with E-state index in [0.29, 0.717) is 25.1 Å². The van der Waals surface area contributed by atoms with Crippen molar-refractivity contribution in [3.8, 4) is 5.75 Å². The van der Waals surface area contributed by atoms with E-state index in [4.69, 9.17) is 9.47 Å². The molecule has 0 aromatic heterocycles. The van der Waals surface area contributed by atoms with Crippen molar-refractivity contribution >= 4 is 27.6 Å². The van der Waals surface area contributed by atoms with E-state index in [-0.39, 0.29) is 42.0 Å². The summed E-state index contributed by atoms with van der Waals surface area (Å²) in [6.07, 6.45) is 1.16. The number of halogens is 1. The quantitative estimate of drug-likeness (QED) is 0.586. The molecule has 1 aliphatic rings. The Morgan fingerprint density at radius 3 is 2.58 bits per heavy atom. The molecular formula is C23H27FN2O6S. The predicted octanol–water partition coefficient (Wildman–Crippen LogP) is 2.98. The lowest BCUT2D eigenvalue weighted by molar-refractivity contribution is -0.142. The van der Waals surface area contributed by atoms with Crippen molar-refractivity contribution in [2.45, 2.75) is 31.1 Å². The second kappa shape index (κ2) is 10.8. The lowest BCUT2D eigenvalue weighted by atomic mass is 9.98. The molecule has 8 nitrogen and oxygen atoms in total. The van der Waals surface area contributed by atoms with E-state index in [9.17, 15) is 22.4 Å². The average Bonchev–Trinajstić information content (AvgIpc) is 2.80. The van der Waals surface area contributed by atoms with Gasteiger partial charge in [0, 0.05) is 18.8 Å². The molecule has 1 atom stereocenters. The number of hydrogen-bond acceptors (Lipinski definition) is 6. The predicted molar refractivity (Wildman–Crippen MR) is 120 cm³/mol. The molecule has 2 aromatic rings. The molecule has 2 aromatic carbocycles. The largest absolute Gasteiger partial charge is 0.495 e. The zero-order valence-corrected chi connectivity index (χ0v) is 19.4. The minimum atomic E-state index is -4.04. The molecule has 33 heavy (non-hydrogen) atoms. The Kier molecular flexibility index (Phi) is 8.04. The summed E-state index contributed by atoms with van der Waals surface area (Å²) in [6.45, 7) is 2.26. The van der Waals surface area contributed by atoms with Crippen LogP contribution in [0.3, 0.4) is 0 Å². The molecule has 0 saturated carbocycles. The molecule has 10 heteroatoms. The monoisotopic (exact) mass is 478 g/mol. The van der Waals surface area contributed by atoms with Crippen LogP contribution >= 0.6 is 0 Å². The minimum Gasteiger partial charge on any atom is -0.495 e. The first-order chi connectivity index (χ1) is 15.7. The van der Waals surface area contributed by atoms with Crippen LogP contribution in [0.4, 0.5) is 10.1 Å². The Morgan fingerprint density at radius 1 is 1.18 bits per heavy atom. The lowest BCUT2D eigenvalue weighted by Gasteiger charge is -2.31. The summed E-state index contributed by atoms with van der Waals surface area (Å²) in [7, 11) is -2.73. The van der Waals surface area contributed by atoms with E-state index in [2.05, 4.69) is 5.32 Å². The number of rotatable bonds is 8. The zero-order chi connectivity index (χ0) is 24.0.